The fourth-order valence-electron chi connectivity index (χ4n) is 2.62. The highest BCUT2D eigenvalue weighted by molar-refractivity contribution is 7.09. The predicted molar refractivity (Wildman–Crippen MR) is 69.8 cm³/mol. The Morgan fingerprint density at radius 2 is 2.44 bits per heavy atom. The molecule has 1 heterocycles. The van der Waals surface area contributed by atoms with E-state index in [0.29, 0.717) is 0 Å². The van der Waals surface area contributed by atoms with Gasteiger partial charge < -0.3 is 5.32 Å². The van der Waals surface area contributed by atoms with Gasteiger partial charge in [0, 0.05) is 24.5 Å². The Balaban J connectivity index is 1.57. The summed E-state index contributed by atoms with van der Waals surface area (Å²) in [5, 5.41) is 6.89. The molecule has 0 spiro atoms. The van der Waals surface area contributed by atoms with E-state index in [1.54, 1.807) is 11.3 Å². The second kappa shape index (κ2) is 6.36. The Labute approximate surface area is 102 Å². The maximum Gasteiger partial charge on any atom is 0.0937 e. The summed E-state index contributed by atoms with van der Waals surface area (Å²) < 4.78 is 0. The van der Waals surface area contributed by atoms with Gasteiger partial charge in [-0.3, -0.25) is 0 Å². The topological polar surface area (TPSA) is 24.9 Å². The van der Waals surface area contributed by atoms with E-state index < -0.39 is 0 Å². The monoisotopic (exact) mass is 238 g/mol. The number of nitrogens with one attached hydrogen (secondary N) is 1. The van der Waals surface area contributed by atoms with Crippen LogP contribution in [0.5, 0.6) is 0 Å². The summed E-state index contributed by atoms with van der Waals surface area (Å²) in [5.74, 6) is 1.86. The highest BCUT2D eigenvalue weighted by Crippen LogP contribution is 2.27. The van der Waals surface area contributed by atoms with E-state index in [9.17, 15) is 0 Å². The smallest absolute Gasteiger partial charge is 0.0937 e. The second-order valence-electron chi connectivity index (χ2n) is 5.02. The zero-order chi connectivity index (χ0) is 11.2. The zero-order valence-corrected chi connectivity index (χ0v) is 10.9. The third kappa shape index (κ3) is 3.87. The molecule has 0 aromatic carbocycles. The van der Waals surface area contributed by atoms with Crippen LogP contribution >= 0.6 is 11.3 Å². The van der Waals surface area contributed by atoms with E-state index in [0.717, 1.165) is 24.8 Å². The van der Waals surface area contributed by atoms with E-state index in [4.69, 9.17) is 0 Å². The van der Waals surface area contributed by atoms with Crippen LogP contribution in [0.4, 0.5) is 0 Å². The summed E-state index contributed by atoms with van der Waals surface area (Å²) in [6.45, 7) is 4.68. The Kier molecular flexibility index (Phi) is 4.79. The summed E-state index contributed by atoms with van der Waals surface area (Å²) in [7, 11) is 0. The third-order valence-corrected chi connectivity index (χ3v) is 4.32. The highest BCUT2D eigenvalue weighted by atomic mass is 32.1. The molecule has 3 heteroatoms. The quantitative estimate of drug-likeness (QED) is 0.797. The van der Waals surface area contributed by atoms with Gasteiger partial charge in [0.05, 0.1) is 5.01 Å². The van der Waals surface area contributed by atoms with E-state index in [-0.39, 0.29) is 0 Å². The molecule has 1 aliphatic rings. The number of aromatic nitrogens is 1. The number of hydrogen-bond acceptors (Lipinski definition) is 3. The van der Waals surface area contributed by atoms with Crippen LogP contribution in [0.3, 0.4) is 0 Å². The molecule has 1 aromatic rings. The molecule has 0 bridgehead atoms. The van der Waals surface area contributed by atoms with Crippen molar-refractivity contribution in [2.45, 2.75) is 39.0 Å². The van der Waals surface area contributed by atoms with Crippen LogP contribution < -0.4 is 5.32 Å². The largest absolute Gasteiger partial charge is 0.316 e. The average molecular weight is 238 g/mol. The molecule has 16 heavy (non-hydrogen) atoms. The number of nitrogens with zero attached hydrogens (tertiary/aromatic N) is 1. The molecular formula is C13H22N2S. The lowest BCUT2D eigenvalue weighted by Crippen LogP contribution is -2.28. The molecule has 0 aliphatic heterocycles. The van der Waals surface area contributed by atoms with Crippen LogP contribution in [0.25, 0.3) is 0 Å². The van der Waals surface area contributed by atoms with Crippen molar-refractivity contribution in [3.8, 4) is 0 Å². The van der Waals surface area contributed by atoms with Crippen molar-refractivity contribution in [2.24, 2.45) is 11.8 Å². The maximum absolute atomic E-state index is 4.29. The van der Waals surface area contributed by atoms with Crippen molar-refractivity contribution in [2.75, 3.05) is 13.1 Å². The molecule has 2 rings (SSSR count). The van der Waals surface area contributed by atoms with Gasteiger partial charge in [-0.05, 0) is 31.2 Å². The van der Waals surface area contributed by atoms with Gasteiger partial charge in [-0.25, -0.2) is 4.98 Å². The van der Waals surface area contributed by atoms with Crippen LogP contribution in [-0.2, 0) is 6.42 Å². The van der Waals surface area contributed by atoms with Crippen molar-refractivity contribution in [3.63, 3.8) is 0 Å². The van der Waals surface area contributed by atoms with Crippen molar-refractivity contribution >= 4 is 11.3 Å². The summed E-state index contributed by atoms with van der Waals surface area (Å²) >= 11 is 1.76. The molecule has 1 fully saturated rings. The van der Waals surface area contributed by atoms with Gasteiger partial charge in [-0.2, -0.15) is 0 Å². The van der Waals surface area contributed by atoms with E-state index in [2.05, 4.69) is 22.6 Å². The summed E-state index contributed by atoms with van der Waals surface area (Å²) in [4.78, 5) is 4.29. The number of rotatable bonds is 5. The minimum atomic E-state index is 0.917. The third-order valence-electron chi connectivity index (χ3n) is 3.48. The van der Waals surface area contributed by atoms with Crippen molar-refractivity contribution in [1.29, 1.82) is 0 Å². The van der Waals surface area contributed by atoms with E-state index in [1.807, 2.05) is 6.20 Å². The van der Waals surface area contributed by atoms with Crippen LogP contribution in [-0.4, -0.2) is 18.1 Å². The maximum atomic E-state index is 4.29. The van der Waals surface area contributed by atoms with Crippen LogP contribution in [0.15, 0.2) is 11.6 Å². The minimum absolute atomic E-state index is 0.917. The van der Waals surface area contributed by atoms with Gasteiger partial charge in [0.1, 0.15) is 0 Å². The fourth-order valence-corrected chi connectivity index (χ4v) is 3.24. The molecule has 0 amide bonds. The normalized spacial score (nSPS) is 25.8. The van der Waals surface area contributed by atoms with E-state index in [1.165, 1.54) is 37.2 Å². The number of hydrogen-bond donors (Lipinski definition) is 1. The van der Waals surface area contributed by atoms with Crippen LogP contribution in [0.1, 0.15) is 37.6 Å². The lowest BCUT2D eigenvalue weighted by molar-refractivity contribution is 0.275. The Bertz CT molecular complexity index is 284. The molecule has 0 saturated heterocycles. The standard InChI is InChI=1S/C13H22N2S/c1-11-3-2-4-12(9-11)10-14-6-5-13-15-7-8-16-13/h7-8,11-12,14H,2-6,9-10H2,1H3. The van der Waals surface area contributed by atoms with Crippen molar-refractivity contribution < 1.29 is 0 Å². The van der Waals surface area contributed by atoms with Crippen LogP contribution in [0.2, 0.25) is 0 Å². The molecule has 0 radical (unpaired) electrons. The molecule has 1 saturated carbocycles. The zero-order valence-electron chi connectivity index (χ0n) is 10.1. The lowest BCUT2D eigenvalue weighted by atomic mass is 9.82. The molecule has 2 unspecified atom stereocenters. The second-order valence-corrected chi connectivity index (χ2v) is 6.00. The fraction of sp³-hybridized carbons (Fsp3) is 0.769. The molecule has 1 aromatic heterocycles. The van der Waals surface area contributed by atoms with E-state index >= 15 is 0 Å². The Hall–Kier alpha value is -0.410. The molecular weight excluding hydrogens is 216 g/mol. The first-order valence-electron chi connectivity index (χ1n) is 6.43. The first kappa shape index (κ1) is 12.1. The molecule has 2 nitrogen and oxygen atoms in total. The molecule has 1 N–H and O–H groups in total. The molecule has 90 valence electrons. The minimum Gasteiger partial charge on any atom is -0.316 e. The highest BCUT2D eigenvalue weighted by Gasteiger charge is 2.17. The van der Waals surface area contributed by atoms with Gasteiger partial charge in [-0.15, -0.1) is 11.3 Å². The first-order valence-corrected chi connectivity index (χ1v) is 7.31. The number of thiazole rings is 1. The Morgan fingerprint density at radius 1 is 1.50 bits per heavy atom. The Morgan fingerprint density at radius 3 is 3.19 bits per heavy atom. The lowest BCUT2D eigenvalue weighted by Gasteiger charge is -2.26. The summed E-state index contributed by atoms with van der Waals surface area (Å²) in [5.41, 5.74) is 0. The molecule has 1 aliphatic carbocycles. The van der Waals surface area contributed by atoms with Gasteiger partial charge >= 0.3 is 0 Å². The van der Waals surface area contributed by atoms with Crippen molar-refractivity contribution in [1.82, 2.24) is 10.3 Å². The predicted octanol–water partition coefficient (Wildman–Crippen LogP) is 3.10. The van der Waals surface area contributed by atoms with Gasteiger partial charge in [0.2, 0.25) is 0 Å². The summed E-state index contributed by atoms with van der Waals surface area (Å²) in [6.07, 6.45) is 8.69. The van der Waals surface area contributed by atoms with Gasteiger partial charge in [0.25, 0.3) is 0 Å². The van der Waals surface area contributed by atoms with Crippen molar-refractivity contribution in [3.05, 3.63) is 16.6 Å². The SMILES string of the molecule is CC1CCCC(CNCCc2nccs2)C1. The van der Waals surface area contributed by atoms with Crippen LogP contribution in [0, 0.1) is 11.8 Å². The van der Waals surface area contributed by atoms with Gasteiger partial charge in [-0.1, -0.05) is 19.8 Å². The first-order chi connectivity index (χ1) is 7.84. The molecule has 2 atom stereocenters. The van der Waals surface area contributed by atoms with Gasteiger partial charge in [0.15, 0.2) is 0 Å². The average Bonchev–Trinajstić information content (AvgIpc) is 2.77. The summed E-state index contributed by atoms with van der Waals surface area (Å²) in [6, 6.07) is 0.